The van der Waals surface area contributed by atoms with Crippen molar-refractivity contribution in [2.45, 2.75) is 13.0 Å². The maximum Gasteiger partial charge on any atom is 0.239 e. The Labute approximate surface area is 103 Å². The molecular formula is C11H13BrN2O2. The number of nitrogens with two attached hydrogens (primary N) is 1. The third kappa shape index (κ3) is 2.61. The number of nitrogens with zero attached hydrogens (tertiary/aromatic N) is 1. The highest BCUT2D eigenvalue weighted by atomic mass is 79.9. The number of benzene rings is 1. The van der Waals surface area contributed by atoms with E-state index >= 15 is 0 Å². The molecule has 0 bridgehead atoms. The topological polar surface area (TPSA) is 63.4 Å². The maximum absolute atomic E-state index is 11.1. The van der Waals surface area contributed by atoms with E-state index in [1.54, 1.807) is 37.1 Å². The number of carbonyl (C=O) groups is 2. The fourth-order valence-electron chi connectivity index (χ4n) is 1.32. The van der Waals surface area contributed by atoms with Crippen molar-refractivity contribution in [1.29, 1.82) is 0 Å². The van der Waals surface area contributed by atoms with E-state index in [1.165, 1.54) is 0 Å². The fraction of sp³-hybridized carbons (Fsp3) is 0.273. The van der Waals surface area contributed by atoms with Crippen molar-refractivity contribution in [1.82, 2.24) is 0 Å². The van der Waals surface area contributed by atoms with Gasteiger partial charge in [-0.2, -0.15) is 0 Å². The number of aldehydes is 1. The Morgan fingerprint density at radius 3 is 2.69 bits per heavy atom. The Morgan fingerprint density at radius 1 is 1.56 bits per heavy atom. The van der Waals surface area contributed by atoms with Crippen LogP contribution >= 0.6 is 15.9 Å². The average Bonchev–Trinajstić information content (AvgIpc) is 2.26. The Balaban J connectivity index is 3.15. The highest BCUT2D eigenvalue weighted by Gasteiger charge is 2.17. The van der Waals surface area contributed by atoms with Crippen LogP contribution in [-0.2, 0) is 4.79 Å². The molecule has 1 aromatic carbocycles. The van der Waals surface area contributed by atoms with Crippen molar-refractivity contribution in [2.75, 3.05) is 11.9 Å². The molecular weight excluding hydrogens is 272 g/mol. The molecule has 0 aliphatic carbocycles. The summed E-state index contributed by atoms with van der Waals surface area (Å²) in [4.78, 5) is 23.6. The molecule has 16 heavy (non-hydrogen) atoms. The van der Waals surface area contributed by atoms with Crippen molar-refractivity contribution < 1.29 is 9.59 Å². The second-order valence-electron chi connectivity index (χ2n) is 3.51. The van der Waals surface area contributed by atoms with E-state index in [1.807, 2.05) is 0 Å². The summed E-state index contributed by atoms with van der Waals surface area (Å²) in [6.07, 6.45) is 0.756. The van der Waals surface area contributed by atoms with E-state index in [0.29, 0.717) is 11.3 Å². The third-order valence-electron chi connectivity index (χ3n) is 2.49. The predicted octanol–water partition coefficient (Wildman–Crippen LogP) is 1.57. The lowest BCUT2D eigenvalue weighted by molar-refractivity contribution is -0.118. The summed E-state index contributed by atoms with van der Waals surface area (Å²) >= 11 is 3.32. The number of halogens is 1. The zero-order chi connectivity index (χ0) is 12.3. The summed E-state index contributed by atoms with van der Waals surface area (Å²) in [7, 11) is 1.73. The van der Waals surface area contributed by atoms with E-state index in [9.17, 15) is 9.59 Å². The van der Waals surface area contributed by atoms with E-state index in [4.69, 9.17) is 5.73 Å². The van der Waals surface area contributed by atoms with Crippen LogP contribution in [-0.4, -0.2) is 25.3 Å². The summed E-state index contributed by atoms with van der Waals surface area (Å²) < 4.78 is 0.844. The standard InChI is InChI=1S/C11H13BrN2O2/c1-7(11(13)16)14(2)10-5-9(12)4-3-8(10)6-15/h3-7H,1-2H3,(H2,13,16). The molecule has 1 unspecified atom stereocenters. The molecule has 0 fully saturated rings. The average molecular weight is 285 g/mol. The normalized spacial score (nSPS) is 11.9. The quantitative estimate of drug-likeness (QED) is 0.854. The lowest BCUT2D eigenvalue weighted by Gasteiger charge is -2.25. The van der Waals surface area contributed by atoms with Gasteiger partial charge in [0.05, 0.1) is 0 Å². The first-order chi connectivity index (χ1) is 7.47. The first-order valence-corrected chi connectivity index (χ1v) is 5.53. The second kappa shape index (κ2) is 5.12. The SMILES string of the molecule is CC(C(N)=O)N(C)c1cc(Br)ccc1C=O. The minimum absolute atomic E-state index is 0.431. The molecule has 0 saturated carbocycles. The van der Waals surface area contributed by atoms with Crippen molar-refractivity contribution in [3.63, 3.8) is 0 Å². The van der Waals surface area contributed by atoms with Crippen LogP contribution in [0.5, 0.6) is 0 Å². The monoisotopic (exact) mass is 284 g/mol. The molecule has 4 nitrogen and oxygen atoms in total. The van der Waals surface area contributed by atoms with Gasteiger partial charge in [0.25, 0.3) is 0 Å². The molecule has 0 saturated heterocycles. The van der Waals surface area contributed by atoms with Gasteiger partial charge in [0.2, 0.25) is 5.91 Å². The van der Waals surface area contributed by atoms with Gasteiger partial charge >= 0.3 is 0 Å². The highest BCUT2D eigenvalue weighted by Crippen LogP contribution is 2.24. The van der Waals surface area contributed by atoms with Crippen LogP contribution in [0.25, 0.3) is 0 Å². The second-order valence-corrected chi connectivity index (χ2v) is 4.43. The van der Waals surface area contributed by atoms with E-state index < -0.39 is 11.9 Å². The first-order valence-electron chi connectivity index (χ1n) is 4.74. The Morgan fingerprint density at radius 2 is 2.19 bits per heavy atom. The summed E-state index contributed by atoms with van der Waals surface area (Å²) in [6.45, 7) is 1.69. The molecule has 2 N–H and O–H groups in total. The fourth-order valence-corrected chi connectivity index (χ4v) is 1.67. The number of primary amides is 1. The molecule has 0 radical (unpaired) electrons. The van der Waals surface area contributed by atoms with Crippen LogP contribution in [0.1, 0.15) is 17.3 Å². The molecule has 1 aromatic rings. The zero-order valence-electron chi connectivity index (χ0n) is 9.11. The van der Waals surface area contributed by atoms with Gasteiger partial charge < -0.3 is 10.6 Å². The molecule has 0 heterocycles. The zero-order valence-corrected chi connectivity index (χ0v) is 10.7. The van der Waals surface area contributed by atoms with Crippen LogP contribution in [0.4, 0.5) is 5.69 Å². The molecule has 0 aromatic heterocycles. The Hall–Kier alpha value is -1.36. The van der Waals surface area contributed by atoms with Crippen LogP contribution in [0.2, 0.25) is 0 Å². The number of hydrogen-bond acceptors (Lipinski definition) is 3. The highest BCUT2D eigenvalue weighted by molar-refractivity contribution is 9.10. The van der Waals surface area contributed by atoms with E-state index in [-0.39, 0.29) is 0 Å². The lowest BCUT2D eigenvalue weighted by atomic mass is 10.1. The van der Waals surface area contributed by atoms with Crippen LogP contribution in [0, 0.1) is 0 Å². The third-order valence-corrected chi connectivity index (χ3v) is 2.99. The number of carbonyl (C=O) groups excluding carboxylic acids is 2. The van der Waals surface area contributed by atoms with Crippen LogP contribution in [0.3, 0.4) is 0 Å². The lowest BCUT2D eigenvalue weighted by Crippen LogP contribution is -2.40. The smallest absolute Gasteiger partial charge is 0.239 e. The largest absolute Gasteiger partial charge is 0.368 e. The van der Waals surface area contributed by atoms with Gasteiger partial charge in [-0.05, 0) is 25.1 Å². The van der Waals surface area contributed by atoms with Gasteiger partial charge in [0.15, 0.2) is 6.29 Å². The minimum atomic E-state index is -0.465. The van der Waals surface area contributed by atoms with Crippen molar-refractivity contribution in [3.05, 3.63) is 28.2 Å². The molecule has 1 amide bonds. The molecule has 0 aliphatic heterocycles. The summed E-state index contributed by atoms with van der Waals surface area (Å²) in [5.74, 6) is -0.431. The number of rotatable bonds is 4. The van der Waals surface area contributed by atoms with Gasteiger partial charge in [0, 0.05) is 22.8 Å². The van der Waals surface area contributed by atoms with E-state index in [2.05, 4.69) is 15.9 Å². The van der Waals surface area contributed by atoms with Crippen LogP contribution < -0.4 is 10.6 Å². The van der Waals surface area contributed by atoms with Gasteiger partial charge in [-0.1, -0.05) is 15.9 Å². The van der Waals surface area contributed by atoms with Gasteiger partial charge in [-0.3, -0.25) is 9.59 Å². The molecule has 0 spiro atoms. The van der Waals surface area contributed by atoms with Crippen molar-refractivity contribution >= 4 is 33.8 Å². The number of hydrogen-bond donors (Lipinski definition) is 1. The van der Waals surface area contributed by atoms with Crippen LogP contribution in [0.15, 0.2) is 22.7 Å². The molecule has 0 aliphatic rings. The molecule has 1 rings (SSSR count). The van der Waals surface area contributed by atoms with Crippen molar-refractivity contribution in [3.8, 4) is 0 Å². The Kier molecular flexibility index (Phi) is 4.06. The Bertz CT molecular complexity index is 420. The summed E-state index contributed by atoms with van der Waals surface area (Å²) in [5, 5.41) is 0. The molecule has 1 atom stereocenters. The maximum atomic E-state index is 11.1. The van der Waals surface area contributed by atoms with Gasteiger partial charge in [0.1, 0.15) is 6.04 Å². The molecule has 5 heteroatoms. The minimum Gasteiger partial charge on any atom is -0.368 e. The summed E-state index contributed by atoms with van der Waals surface area (Å²) in [6, 6.07) is 4.78. The van der Waals surface area contributed by atoms with Crippen molar-refractivity contribution in [2.24, 2.45) is 5.73 Å². The number of likely N-dealkylation sites (N-methyl/N-ethyl adjacent to an activating group) is 1. The van der Waals surface area contributed by atoms with Gasteiger partial charge in [-0.15, -0.1) is 0 Å². The molecule has 86 valence electrons. The predicted molar refractivity (Wildman–Crippen MR) is 66.6 cm³/mol. The van der Waals surface area contributed by atoms with E-state index in [0.717, 1.165) is 10.8 Å². The summed E-state index contributed by atoms with van der Waals surface area (Å²) in [5.41, 5.74) is 6.43. The number of anilines is 1. The first kappa shape index (κ1) is 12.7. The van der Waals surface area contributed by atoms with Gasteiger partial charge in [-0.25, -0.2) is 0 Å². The number of amides is 1.